The van der Waals surface area contributed by atoms with E-state index in [0.29, 0.717) is 6.04 Å². The van der Waals surface area contributed by atoms with Gasteiger partial charge in [0.15, 0.2) is 0 Å². The first-order valence-corrected chi connectivity index (χ1v) is 7.05. The summed E-state index contributed by atoms with van der Waals surface area (Å²) in [5.74, 6) is 0.995. The molecule has 3 nitrogen and oxygen atoms in total. The molecule has 1 saturated heterocycles. The minimum atomic E-state index is 0.427. The Labute approximate surface area is 116 Å². The molecule has 0 bridgehead atoms. The largest absolute Gasteiger partial charge is 0.496 e. The van der Waals surface area contributed by atoms with Crippen molar-refractivity contribution in [3.05, 3.63) is 42.5 Å². The number of methoxy groups -OCH3 is 1. The highest BCUT2D eigenvalue weighted by molar-refractivity contribution is 5.36. The van der Waals surface area contributed by atoms with E-state index >= 15 is 0 Å². The molecule has 1 heterocycles. The van der Waals surface area contributed by atoms with Crippen LogP contribution in [-0.2, 0) is 0 Å². The van der Waals surface area contributed by atoms with Gasteiger partial charge in [-0.15, -0.1) is 6.58 Å². The molecular formula is C16H24N2O. The van der Waals surface area contributed by atoms with Crippen LogP contribution in [0.1, 0.15) is 24.4 Å². The summed E-state index contributed by atoms with van der Waals surface area (Å²) in [6, 6.07) is 8.80. The highest BCUT2D eigenvalue weighted by Gasteiger charge is 2.23. The van der Waals surface area contributed by atoms with Gasteiger partial charge in [0, 0.05) is 37.8 Å². The second-order valence-electron chi connectivity index (χ2n) is 4.91. The number of hydrogen-bond donors (Lipinski definition) is 1. The molecule has 1 aromatic carbocycles. The summed E-state index contributed by atoms with van der Waals surface area (Å²) in [5, 5.41) is 3.41. The fourth-order valence-corrected chi connectivity index (χ4v) is 2.75. The van der Waals surface area contributed by atoms with Gasteiger partial charge in [-0.05, 0) is 18.9 Å². The third-order valence-corrected chi connectivity index (χ3v) is 3.73. The Hall–Kier alpha value is -1.32. The molecule has 0 radical (unpaired) electrons. The zero-order chi connectivity index (χ0) is 13.5. The molecule has 3 heteroatoms. The van der Waals surface area contributed by atoms with Gasteiger partial charge < -0.3 is 10.1 Å². The van der Waals surface area contributed by atoms with E-state index in [1.165, 1.54) is 5.56 Å². The lowest BCUT2D eigenvalue weighted by atomic mass is 9.98. The molecule has 19 heavy (non-hydrogen) atoms. The first-order chi connectivity index (χ1) is 9.36. The zero-order valence-corrected chi connectivity index (χ0v) is 11.8. The minimum Gasteiger partial charge on any atom is -0.496 e. The lowest BCUT2D eigenvalue weighted by molar-refractivity contribution is 0.163. The minimum absolute atomic E-state index is 0.427. The second kappa shape index (κ2) is 7.31. The quantitative estimate of drug-likeness (QED) is 0.796. The first-order valence-electron chi connectivity index (χ1n) is 7.05. The number of ether oxygens (including phenoxy) is 1. The SMILES string of the molecule is C=CCC[C@@H](c1ccccc1OC)N1CCNCC1. The van der Waals surface area contributed by atoms with Crippen molar-refractivity contribution in [2.24, 2.45) is 0 Å². The van der Waals surface area contributed by atoms with E-state index in [2.05, 4.69) is 35.0 Å². The molecule has 1 aliphatic heterocycles. The molecule has 0 aromatic heterocycles. The van der Waals surface area contributed by atoms with E-state index < -0.39 is 0 Å². The standard InChI is InChI=1S/C16H24N2O/c1-3-4-8-15(18-12-10-17-11-13-18)14-7-5-6-9-16(14)19-2/h3,5-7,9,15,17H,1,4,8,10-13H2,2H3/t15-/m0/s1. The predicted molar refractivity (Wildman–Crippen MR) is 79.6 cm³/mol. The van der Waals surface area contributed by atoms with Crippen molar-refractivity contribution in [2.75, 3.05) is 33.3 Å². The number of benzene rings is 1. The summed E-state index contributed by atoms with van der Waals surface area (Å²) in [5.41, 5.74) is 1.30. The Morgan fingerprint density at radius 3 is 2.79 bits per heavy atom. The van der Waals surface area contributed by atoms with Gasteiger partial charge in [0.2, 0.25) is 0 Å². The van der Waals surface area contributed by atoms with Crippen molar-refractivity contribution in [1.29, 1.82) is 0 Å². The van der Waals surface area contributed by atoms with Crippen LogP contribution in [0.4, 0.5) is 0 Å². The van der Waals surface area contributed by atoms with E-state index in [4.69, 9.17) is 4.74 Å². The maximum atomic E-state index is 5.53. The molecule has 1 aromatic rings. The molecular weight excluding hydrogens is 236 g/mol. The van der Waals surface area contributed by atoms with E-state index in [0.717, 1.165) is 44.8 Å². The van der Waals surface area contributed by atoms with Gasteiger partial charge in [-0.3, -0.25) is 4.90 Å². The molecule has 2 rings (SSSR count). The molecule has 0 aliphatic carbocycles. The topological polar surface area (TPSA) is 24.5 Å². The van der Waals surface area contributed by atoms with E-state index in [9.17, 15) is 0 Å². The Morgan fingerprint density at radius 1 is 1.37 bits per heavy atom. The molecule has 0 unspecified atom stereocenters. The van der Waals surface area contributed by atoms with Gasteiger partial charge >= 0.3 is 0 Å². The third kappa shape index (κ3) is 3.58. The molecule has 0 spiro atoms. The number of allylic oxidation sites excluding steroid dienone is 1. The van der Waals surface area contributed by atoms with Crippen LogP contribution in [0.15, 0.2) is 36.9 Å². The monoisotopic (exact) mass is 260 g/mol. The number of piperazine rings is 1. The number of para-hydroxylation sites is 1. The molecule has 1 fully saturated rings. The molecule has 1 atom stereocenters. The van der Waals surface area contributed by atoms with Crippen LogP contribution < -0.4 is 10.1 Å². The number of rotatable bonds is 6. The fourth-order valence-electron chi connectivity index (χ4n) is 2.75. The summed E-state index contributed by atoms with van der Waals surface area (Å²) in [4.78, 5) is 2.55. The van der Waals surface area contributed by atoms with Gasteiger partial charge in [0.1, 0.15) is 5.75 Å². The number of nitrogens with one attached hydrogen (secondary N) is 1. The Morgan fingerprint density at radius 2 is 2.11 bits per heavy atom. The Balaban J connectivity index is 2.22. The Kier molecular flexibility index (Phi) is 5.43. The van der Waals surface area contributed by atoms with Crippen molar-refractivity contribution >= 4 is 0 Å². The van der Waals surface area contributed by atoms with E-state index in [1.54, 1.807) is 7.11 Å². The van der Waals surface area contributed by atoms with Crippen LogP contribution >= 0.6 is 0 Å². The van der Waals surface area contributed by atoms with Crippen molar-refractivity contribution in [3.63, 3.8) is 0 Å². The van der Waals surface area contributed by atoms with Crippen LogP contribution in [0.3, 0.4) is 0 Å². The summed E-state index contributed by atoms with van der Waals surface area (Å²) in [6.07, 6.45) is 4.14. The van der Waals surface area contributed by atoms with Crippen LogP contribution in [-0.4, -0.2) is 38.2 Å². The average Bonchev–Trinajstić information content (AvgIpc) is 2.49. The lowest BCUT2D eigenvalue weighted by Gasteiger charge is -2.35. The van der Waals surface area contributed by atoms with Crippen LogP contribution in [0.5, 0.6) is 5.75 Å². The second-order valence-corrected chi connectivity index (χ2v) is 4.91. The predicted octanol–water partition coefficient (Wildman–Crippen LogP) is 2.61. The van der Waals surface area contributed by atoms with Gasteiger partial charge in [-0.25, -0.2) is 0 Å². The number of nitrogens with zero attached hydrogens (tertiary/aromatic N) is 1. The summed E-state index contributed by atoms with van der Waals surface area (Å²) in [6.45, 7) is 8.18. The maximum Gasteiger partial charge on any atom is 0.123 e. The lowest BCUT2D eigenvalue weighted by Crippen LogP contribution is -2.45. The third-order valence-electron chi connectivity index (χ3n) is 3.73. The number of hydrogen-bond acceptors (Lipinski definition) is 3. The average molecular weight is 260 g/mol. The smallest absolute Gasteiger partial charge is 0.123 e. The highest BCUT2D eigenvalue weighted by atomic mass is 16.5. The Bertz CT molecular complexity index is 399. The molecule has 0 saturated carbocycles. The summed E-state index contributed by atoms with van der Waals surface area (Å²) < 4.78 is 5.53. The summed E-state index contributed by atoms with van der Waals surface area (Å²) in [7, 11) is 1.75. The molecule has 0 amide bonds. The van der Waals surface area contributed by atoms with Gasteiger partial charge in [-0.2, -0.15) is 0 Å². The highest BCUT2D eigenvalue weighted by Crippen LogP contribution is 2.32. The van der Waals surface area contributed by atoms with Gasteiger partial charge in [0.25, 0.3) is 0 Å². The van der Waals surface area contributed by atoms with Crippen LogP contribution in [0.25, 0.3) is 0 Å². The molecule has 1 N–H and O–H groups in total. The van der Waals surface area contributed by atoms with Crippen molar-refractivity contribution < 1.29 is 4.74 Å². The molecule has 104 valence electrons. The van der Waals surface area contributed by atoms with Crippen molar-refractivity contribution in [2.45, 2.75) is 18.9 Å². The first kappa shape index (κ1) is 14.1. The van der Waals surface area contributed by atoms with Crippen molar-refractivity contribution in [3.8, 4) is 5.75 Å². The van der Waals surface area contributed by atoms with Crippen LogP contribution in [0.2, 0.25) is 0 Å². The van der Waals surface area contributed by atoms with Gasteiger partial charge in [0.05, 0.1) is 7.11 Å². The van der Waals surface area contributed by atoms with Gasteiger partial charge in [-0.1, -0.05) is 24.3 Å². The van der Waals surface area contributed by atoms with Crippen molar-refractivity contribution in [1.82, 2.24) is 10.2 Å². The maximum absolute atomic E-state index is 5.53. The zero-order valence-electron chi connectivity index (χ0n) is 11.8. The summed E-state index contributed by atoms with van der Waals surface area (Å²) >= 11 is 0. The molecule has 1 aliphatic rings. The van der Waals surface area contributed by atoms with Crippen LogP contribution in [0, 0.1) is 0 Å². The van der Waals surface area contributed by atoms with E-state index in [-0.39, 0.29) is 0 Å². The fraction of sp³-hybridized carbons (Fsp3) is 0.500. The van der Waals surface area contributed by atoms with E-state index in [1.807, 2.05) is 12.1 Å². The normalized spacial score (nSPS) is 17.9.